The van der Waals surface area contributed by atoms with Gasteiger partial charge in [-0.15, -0.1) is 0 Å². The Morgan fingerprint density at radius 1 is 1.14 bits per heavy atom. The maximum Gasteiger partial charge on any atom is 0.106 e. The molecule has 0 aliphatic carbocycles. The van der Waals surface area contributed by atoms with Crippen LogP contribution in [0.5, 0.6) is 0 Å². The molecule has 0 aromatic rings. The molecule has 0 fully saturated rings. The molecule has 0 atom stereocenters. The van der Waals surface area contributed by atoms with Crippen LogP contribution in [-0.4, -0.2) is 5.12 Å². The summed E-state index contributed by atoms with van der Waals surface area (Å²) in [6.45, 7) is 1.33. The third kappa shape index (κ3) is 1.03. The van der Waals surface area contributed by atoms with Gasteiger partial charge < -0.3 is 0 Å². The number of nitrogens with zero attached hydrogens (tertiary/aromatic N) is 1. The van der Waals surface area contributed by atoms with Gasteiger partial charge in [-0.05, 0) is 6.08 Å². The molecule has 0 bridgehead atoms. The molecule has 0 aromatic heterocycles. The van der Waals surface area contributed by atoms with E-state index in [2.05, 4.69) is 0 Å². The summed E-state index contributed by atoms with van der Waals surface area (Å²) in [7, 11) is 0. The lowest BCUT2D eigenvalue weighted by Gasteiger charge is -2.04. The molecule has 0 spiro atoms. The molecule has 1 aliphatic rings. The first-order valence-electron chi connectivity index (χ1n) is 2.02. The van der Waals surface area contributed by atoms with Crippen LogP contribution in [-0.2, 0) is 0 Å². The number of hydrogen-bond donors (Lipinski definition) is 0. The molecule has 1 aliphatic heterocycles. The van der Waals surface area contributed by atoms with E-state index < -0.39 is 0 Å². The van der Waals surface area contributed by atoms with E-state index in [1.54, 1.807) is 18.2 Å². The van der Waals surface area contributed by atoms with Gasteiger partial charge in [0.25, 0.3) is 0 Å². The largest absolute Gasteiger partial charge is 0.210 e. The van der Waals surface area contributed by atoms with Gasteiger partial charge in [0.2, 0.25) is 0 Å². The summed E-state index contributed by atoms with van der Waals surface area (Å²) < 4.78 is 11.8. The summed E-state index contributed by atoms with van der Waals surface area (Å²) in [5, 5.41) is 0.500. The van der Waals surface area contributed by atoms with Crippen molar-refractivity contribution in [2.24, 2.45) is 0 Å². The van der Waals surface area contributed by atoms with E-state index in [1.807, 2.05) is 0 Å². The Bertz CT molecular complexity index is 107. The first-order valence-corrected chi connectivity index (χ1v) is 2.02. The van der Waals surface area contributed by atoms with Crippen LogP contribution in [0.1, 0.15) is 0 Å². The zero-order chi connectivity index (χ0) is 5.11. The van der Waals surface area contributed by atoms with Crippen molar-refractivity contribution < 1.29 is 4.48 Å². The zero-order valence-electron chi connectivity index (χ0n) is 3.71. The van der Waals surface area contributed by atoms with Crippen LogP contribution in [0.4, 0.5) is 4.48 Å². The molecule has 0 N–H and O–H groups in total. The second kappa shape index (κ2) is 1.78. The van der Waals surface area contributed by atoms with Crippen molar-refractivity contribution in [2.45, 2.75) is 0 Å². The second-order valence-corrected chi connectivity index (χ2v) is 1.22. The van der Waals surface area contributed by atoms with Crippen LogP contribution < -0.4 is 0 Å². The summed E-state index contributed by atoms with van der Waals surface area (Å²) >= 11 is 0. The minimum Gasteiger partial charge on any atom is -0.210 e. The second-order valence-electron chi connectivity index (χ2n) is 1.22. The van der Waals surface area contributed by atoms with E-state index in [-0.39, 0.29) is 0 Å². The Labute approximate surface area is 41.7 Å². The molecule has 2 heteroatoms. The van der Waals surface area contributed by atoms with Gasteiger partial charge in [0.15, 0.2) is 0 Å². The highest BCUT2D eigenvalue weighted by Gasteiger charge is 1.92. The van der Waals surface area contributed by atoms with Crippen molar-refractivity contribution >= 4 is 0 Å². The van der Waals surface area contributed by atoms with E-state index in [1.165, 1.54) is 12.7 Å². The molecule has 0 saturated heterocycles. The highest BCUT2D eigenvalue weighted by Crippen LogP contribution is 2.00. The normalized spacial score (nSPS) is 18.1. The maximum absolute atomic E-state index is 11.8. The average Bonchev–Trinajstić information content (AvgIpc) is 1.69. The minimum absolute atomic E-state index is 0.500. The van der Waals surface area contributed by atoms with Crippen LogP contribution in [0.2, 0.25) is 0 Å². The molecule has 7 heavy (non-hydrogen) atoms. The smallest absolute Gasteiger partial charge is 0.106 e. The molecule has 1 rings (SSSR count). The molecular weight excluding hydrogens is 93.1 g/mol. The standard InChI is InChI=1S/C5H5FN/c6-7-4-2-1-3-5-7/h1-5H. The summed E-state index contributed by atoms with van der Waals surface area (Å²) in [5.41, 5.74) is 0. The van der Waals surface area contributed by atoms with Gasteiger partial charge in [0.1, 0.15) is 6.54 Å². The number of hydrogen-bond acceptors (Lipinski definition) is 1. The number of allylic oxidation sites excluding steroid dienone is 2. The van der Waals surface area contributed by atoms with Gasteiger partial charge in [-0.2, -0.15) is 0 Å². The first-order chi connectivity index (χ1) is 3.39. The van der Waals surface area contributed by atoms with Crippen molar-refractivity contribution in [3.8, 4) is 0 Å². The molecule has 1 heterocycles. The molecule has 1 nitrogen and oxygen atoms in total. The van der Waals surface area contributed by atoms with Crippen LogP contribution in [0.25, 0.3) is 0 Å². The lowest BCUT2D eigenvalue weighted by molar-refractivity contribution is 0.138. The Hall–Kier alpha value is -0.790. The quantitative estimate of drug-likeness (QED) is 0.414. The summed E-state index contributed by atoms with van der Waals surface area (Å²) in [6.07, 6.45) is 6.34. The Morgan fingerprint density at radius 2 is 2.00 bits per heavy atom. The average molecular weight is 98.1 g/mol. The number of rotatable bonds is 0. The minimum atomic E-state index is 0.500. The van der Waals surface area contributed by atoms with Gasteiger partial charge >= 0.3 is 0 Å². The van der Waals surface area contributed by atoms with Gasteiger partial charge in [0.05, 0.1) is 0 Å². The van der Waals surface area contributed by atoms with Gasteiger partial charge in [-0.1, -0.05) is 16.6 Å². The zero-order valence-corrected chi connectivity index (χ0v) is 3.71. The maximum atomic E-state index is 11.8. The van der Waals surface area contributed by atoms with Crippen molar-refractivity contribution in [3.05, 3.63) is 31.0 Å². The summed E-state index contributed by atoms with van der Waals surface area (Å²) in [5.74, 6) is 0. The van der Waals surface area contributed by atoms with Crippen molar-refractivity contribution in [2.75, 3.05) is 0 Å². The fourth-order valence-electron chi connectivity index (χ4n) is 0.378. The molecule has 0 aromatic carbocycles. The first kappa shape index (κ1) is 4.37. The van der Waals surface area contributed by atoms with E-state index in [9.17, 15) is 4.48 Å². The van der Waals surface area contributed by atoms with Gasteiger partial charge in [-0.3, -0.25) is 0 Å². The number of halogens is 1. The van der Waals surface area contributed by atoms with E-state index in [0.29, 0.717) is 5.12 Å². The SMILES string of the molecule is FN1[CH]C=CC=C1. The third-order valence-electron chi connectivity index (χ3n) is 0.679. The van der Waals surface area contributed by atoms with E-state index in [4.69, 9.17) is 0 Å². The highest BCUT2D eigenvalue weighted by molar-refractivity contribution is 5.11. The monoisotopic (exact) mass is 98.0 g/mol. The fraction of sp³-hybridized carbons (Fsp3) is 0. The van der Waals surface area contributed by atoms with Crippen LogP contribution in [0, 0.1) is 6.54 Å². The Kier molecular flexibility index (Phi) is 1.11. The van der Waals surface area contributed by atoms with E-state index >= 15 is 0 Å². The van der Waals surface area contributed by atoms with Crippen LogP contribution >= 0.6 is 0 Å². The van der Waals surface area contributed by atoms with Gasteiger partial charge in [0, 0.05) is 6.20 Å². The molecule has 37 valence electrons. The summed E-state index contributed by atoms with van der Waals surface area (Å²) in [6, 6.07) is 0. The predicted molar refractivity (Wildman–Crippen MR) is 25.5 cm³/mol. The molecule has 0 amide bonds. The lowest BCUT2D eigenvalue weighted by atomic mass is 10.4. The van der Waals surface area contributed by atoms with Crippen LogP contribution in [0.15, 0.2) is 24.4 Å². The third-order valence-corrected chi connectivity index (χ3v) is 0.679. The molecule has 0 saturated carbocycles. The lowest BCUT2D eigenvalue weighted by Crippen LogP contribution is -1.99. The Balaban J connectivity index is 2.49. The highest BCUT2D eigenvalue weighted by atomic mass is 19.2. The molecule has 1 radical (unpaired) electrons. The Morgan fingerprint density at radius 3 is 2.29 bits per heavy atom. The summed E-state index contributed by atoms with van der Waals surface area (Å²) in [4.78, 5) is 0. The van der Waals surface area contributed by atoms with Crippen molar-refractivity contribution in [3.63, 3.8) is 0 Å². The van der Waals surface area contributed by atoms with Crippen molar-refractivity contribution in [1.82, 2.24) is 5.12 Å². The predicted octanol–water partition coefficient (Wildman–Crippen LogP) is 1.42. The molecule has 0 unspecified atom stereocenters. The van der Waals surface area contributed by atoms with Crippen molar-refractivity contribution in [1.29, 1.82) is 0 Å². The topological polar surface area (TPSA) is 3.24 Å². The molecular formula is C5H5FN. The fourth-order valence-corrected chi connectivity index (χ4v) is 0.378. The van der Waals surface area contributed by atoms with Gasteiger partial charge in [-0.25, -0.2) is 5.12 Å². The van der Waals surface area contributed by atoms with E-state index in [0.717, 1.165) is 0 Å². The van der Waals surface area contributed by atoms with Crippen LogP contribution in [0.3, 0.4) is 0 Å².